The first kappa shape index (κ1) is 13.5. The summed E-state index contributed by atoms with van der Waals surface area (Å²) in [6.07, 6.45) is 3.41. The first-order chi connectivity index (χ1) is 10.2. The lowest BCUT2D eigenvalue weighted by Crippen LogP contribution is -2.09. The smallest absolute Gasteiger partial charge is 0.129 e. The second-order valence-electron chi connectivity index (χ2n) is 5.47. The van der Waals surface area contributed by atoms with Gasteiger partial charge in [0.15, 0.2) is 0 Å². The van der Waals surface area contributed by atoms with E-state index in [1.54, 1.807) is 12.5 Å². The molecule has 0 aliphatic carbocycles. The zero-order chi connectivity index (χ0) is 14.7. The maximum atomic E-state index is 4.37. The van der Waals surface area contributed by atoms with E-state index in [4.69, 9.17) is 0 Å². The summed E-state index contributed by atoms with van der Waals surface area (Å²) in [5.41, 5.74) is 2.99. The fourth-order valence-electron chi connectivity index (χ4n) is 2.16. The van der Waals surface area contributed by atoms with Crippen molar-refractivity contribution in [2.24, 2.45) is 5.92 Å². The van der Waals surface area contributed by atoms with E-state index >= 15 is 0 Å². The van der Waals surface area contributed by atoms with Gasteiger partial charge in [0.25, 0.3) is 0 Å². The molecule has 3 rings (SSSR count). The Morgan fingerprint density at radius 1 is 1.05 bits per heavy atom. The highest BCUT2D eigenvalue weighted by Gasteiger charge is 2.04. The van der Waals surface area contributed by atoms with Crippen molar-refractivity contribution in [3.63, 3.8) is 0 Å². The maximum absolute atomic E-state index is 4.37. The number of aromatic nitrogens is 3. The Morgan fingerprint density at radius 3 is 2.81 bits per heavy atom. The van der Waals surface area contributed by atoms with Gasteiger partial charge < -0.3 is 5.32 Å². The highest BCUT2D eigenvalue weighted by molar-refractivity contribution is 5.83. The molecule has 2 aromatic heterocycles. The summed E-state index contributed by atoms with van der Waals surface area (Å²) in [7, 11) is 0. The number of pyridine rings is 1. The van der Waals surface area contributed by atoms with E-state index in [-0.39, 0.29) is 0 Å². The lowest BCUT2D eigenvalue weighted by molar-refractivity contribution is 0.687. The van der Waals surface area contributed by atoms with Crippen molar-refractivity contribution in [1.82, 2.24) is 15.0 Å². The summed E-state index contributed by atoms with van der Waals surface area (Å²) < 4.78 is 0. The Kier molecular flexibility index (Phi) is 3.77. The van der Waals surface area contributed by atoms with Crippen molar-refractivity contribution in [2.45, 2.75) is 13.8 Å². The molecule has 0 atom stereocenters. The average molecular weight is 278 g/mol. The van der Waals surface area contributed by atoms with Crippen LogP contribution in [0.2, 0.25) is 0 Å². The van der Waals surface area contributed by atoms with Crippen LogP contribution in [0, 0.1) is 5.92 Å². The van der Waals surface area contributed by atoms with Crippen LogP contribution in [-0.2, 0) is 0 Å². The Hall–Kier alpha value is -2.49. The number of nitrogens with zero attached hydrogens (tertiary/aromatic N) is 3. The monoisotopic (exact) mass is 278 g/mol. The first-order valence-electron chi connectivity index (χ1n) is 7.13. The summed E-state index contributed by atoms with van der Waals surface area (Å²) in [6, 6.07) is 12.2. The maximum Gasteiger partial charge on any atom is 0.129 e. The quantitative estimate of drug-likeness (QED) is 0.789. The van der Waals surface area contributed by atoms with Gasteiger partial charge in [0.2, 0.25) is 0 Å². The van der Waals surface area contributed by atoms with Crippen molar-refractivity contribution >= 4 is 16.7 Å². The number of anilines is 1. The summed E-state index contributed by atoms with van der Waals surface area (Å²) in [5, 5.41) is 4.44. The number of hydrogen-bond donors (Lipinski definition) is 1. The van der Waals surface area contributed by atoms with E-state index in [1.807, 2.05) is 24.3 Å². The Bertz CT molecular complexity index is 752. The van der Waals surface area contributed by atoms with Gasteiger partial charge in [0.05, 0.1) is 11.2 Å². The predicted molar refractivity (Wildman–Crippen MR) is 86.1 cm³/mol. The zero-order valence-electron chi connectivity index (χ0n) is 12.2. The van der Waals surface area contributed by atoms with Gasteiger partial charge in [0.1, 0.15) is 12.1 Å². The molecule has 0 amide bonds. The molecule has 0 saturated carbocycles. The van der Waals surface area contributed by atoms with Crippen LogP contribution >= 0.6 is 0 Å². The van der Waals surface area contributed by atoms with Crippen molar-refractivity contribution in [3.05, 3.63) is 48.9 Å². The lowest BCUT2D eigenvalue weighted by atomic mass is 10.1. The van der Waals surface area contributed by atoms with Crippen LogP contribution < -0.4 is 5.32 Å². The molecule has 21 heavy (non-hydrogen) atoms. The molecular weight excluding hydrogens is 260 g/mol. The number of nitrogens with one attached hydrogen (secondary N) is 1. The molecule has 3 aromatic rings. The van der Waals surface area contributed by atoms with E-state index < -0.39 is 0 Å². The minimum Gasteiger partial charge on any atom is -0.370 e. The molecule has 4 heteroatoms. The molecule has 1 N–H and O–H groups in total. The third-order valence-corrected chi connectivity index (χ3v) is 3.26. The number of hydrogen-bond acceptors (Lipinski definition) is 4. The second kappa shape index (κ2) is 5.87. The highest BCUT2D eigenvalue weighted by atomic mass is 15.0. The van der Waals surface area contributed by atoms with Gasteiger partial charge in [-0.2, -0.15) is 0 Å². The van der Waals surface area contributed by atoms with E-state index in [2.05, 4.69) is 46.2 Å². The van der Waals surface area contributed by atoms with E-state index in [9.17, 15) is 0 Å². The molecule has 4 nitrogen and oxygen atoms in total. The zero-order valence-corrected chi connectivity index (χ0v) is 12.2. The van der Waals surface area contributed by atoms with Crippen molar-refractivity contribution in [2.75, 3.05) is 11.9 Å². The van der Waals surface area contributed by atoms with Crippen LogP contribution in [-0.4, -0.2) is 21.5 Å². The molecule has 0 aliphatic heterocycles. The third-order valence-electron chi connectivity index (χ3n) is 3.26. The standard InChI is InChI=1S/C17H18N4/c1-12(2)10-19-17-9-16(20-11-21-17)14-5-6-15-13(8-14)4-3-7-18-15/h3-9,11-12H,10H2,1-2H3,(H,19,20,21). The molecule has 0 bridgehead atoms. The summed E-state index contributed by atoms with van der Waals surface area (Å²) in [5.74, 6) is 1.44. The van der Waals surface area contributed by atoms with E-state index in [1.165, 1.54) is 0 Å². The molecule has 1 aromatic carbocycles. The molecule has 0 unspecified atom stereocenters. The van der Waals surface area contributed by atoms with E-state index in [0.29, 0.717) is 5.92 Å². The van der Waals surface area contributed by atoms with Crippen LogP contribution in [0.25, 0.3) is 22.2 Å². The fourth-order valence-corrected chi connectivity index (χ4v) is 2.16. The van der Waals surface area contributed by atoms with Crippen molar-refractivity contribution in [1.29, 1.82) is 0 Å². The largest absolute Gasteiger partial charge is 0.370 e. The molecule has 0 fully saturated rings. The summed E-state index contributed by atoms with van der Waals surface area (Å²) >= 11 is 0. The number of fused-ring (bicyclic) bond motifs is 1. The van der Waals surface area contributed by atoms with Crippen LogP contribution in [0.3, 0.4) is 0 Å². The first-order valence-corrected chi connectivity index (χ1v) is 7.13. The van der Waals surface area contributed by atoms with Gasteiger partial charge in [-0.3, -0.25) is 4.98 Å². The topological polar surface area (TPSA) is 50.7 Å². The normalized spacial score (nSPS) is 11.0. The van der Waals surface area contributed by atoms with Crippen LogP contribution in [0.15, 0.2) is 48.9 Å². The average Bonchev–Trinajstić information content (AvgIpc) is 2.53. The Labute approximate surface area is 124 Å². The van der Waals surface area contributed by atoms with E-state index in [0.717, 1.165) is 34.5 Å². The highest BCUT2D eigenvalue weighted by Crippen LogP contribution is 2.23. The van der Waals surface area contributed by atoms with Gasteiger partial charge >= 0.3 is 0 Å². The molecular formula is C17H18N4. The van der Waals surface area contributed by atoms with Gasteiger partial charge in [-0.1, -0.05) is 26.0 Å². The van der Waals surface area contributed by atoms with Gasteiger partial charge in [-0.25, -0.2) is 9.97 Å². The van der Waals surface area contributed by atoms with Gasteiger partial charge in [-0.05, 0) is 24.1 Å². The Balaban J connectivity index is 1.92. The molecule has 2 heterocycles. The molecule has 0 spiro atoms. The van der Waals surface area contributed by atoms with Crippen LogP contribution in [0.4, 0.5) is 5.82 Å². The fraction of sp³-hybridized carbons (Fsp3) is 0.235. The van der Waals surface area contributed by atoms with Crippen molar-refractivity contribution < 1.29 is 0 Å². The summed E-state index contributed by atoms with van der Waals surface area (Å²) in [4.78, 5) is 13.0. The lowest BCUT2D eigenvalue weighted by Gasteiger charge is -2.09. The van der Waals surface area contributed by atoms with Crippen molar-refractivity contribution in [3.8, 4) is 11.3 Å². The minimum absolute atomic E-state index is 0.579. The second-order valence-corrected chi connectivity index (χ2v) is 5.47. The molecule has 106 valence electrons. The Morgan fingerprint density at radius 2 is 1.95 bits per heavy atom. The summed E-state index contributed by atoms with van der Waals surface area (Å²) in [6.45, 7) is 5.25. The molecule has 0 saturated heterocycles. The molecule has 0 radical (unpaired) electrons. The SMILES string of the molecule is CC(C)CNc1cc(-c2ccc3ncccc3c2)ncn1. The minimum atomic E-state index is 0.579. The number of benzene rings is 1. The number of rotatable bonds is 4. The predicted octanol–water partition coefficient (Wildman–Crippen LogP) is 3.76. The van der Waals surface area contributed by atoms with Gasteiger partial charge in [0, 0.05) is 29.8 Å². The van der Waals surface area contributed by atoms with Crippen LogP contribution in [0.5, 0.6) is 0 Å². The third kappa shape index (κ3) is 3.16. The van der Waals surface area contributed by atoms with Gasteiger partial charge in [-0.15, -0.1) is 0 Å². The van der Waals surface area contributed by atoms with Crippen LogP contribution in [0.1, 0.15) is 13.8 Å². The molecule has 0 aliphatic rings.